The maximum atomic E-state index is 8.73. The van der Waals surface area contributed by atoms with Crippen LogP contribution in [0.15, 0.2) is 24.5 Å². The molecule has 0 fully saturated rings. The van der Waals surface area contributed by atoms with Crippen molar-refractivity contribution in [3.05, 3.63) is 30.1 Å². The van der Waals surface area contributed by atoms with Crippen LogP contribution in [0.1, 0.15) is 89.5 Å². The first kappa shape index (κ1) is 23.4. The van der Waals surface area contributed by atoms with Gasteiger partial charge >= 0.3 is 0 Å². The molecule has 0 aliphatic carbocycles. The summed E-state index contributed by atoms with van der Waals surface area (Å²) in [4.78, 5) is 0. The summed E-state index contributed by atoms with van der Waals surface area (Å²) in [6.07, 6.45) is 21.3. The van der Waals surface area contributed by atoms with Gasteiger partial charge in [-0.3, -0.25) is 0 Å². The predicted octanol–water partition coefficient (Wildman–Crippen LogP) is 2.21. The average molecular weight is 356 g/mol. The Morgan fingerprint density at radius 2 is 1.29 bits per heavy atom. The Labute approximate surface area is 156 Å². The van der Waals surface area contributed by atoms with Crippen LogP contribution >= 0.6 is 0 Å². The molecule has 1 aromatic heterocycles. The van der Waals surface area contributed by atoms with Gasteiger partial charge in [0.1, 0.15) is 6.54 Å². The molecule has 0 saturated heterocycles. The van der Waals surface area contributed by atoms with E-state index in [-0.39, 0.29) is 12.4 Å². The topological polar surface area (TPSA) is 24.1 Å². The van der Waals surface area contributed by atoms with Crippen molar-refractivity contribution in [3.63, 3.8) is 0 Å². The molecular weight excluding hydrogens is 318 g/mol. The zero-order chi connectivity index (χ0) is 16.6. The molecule has 0 bridgehead atoms. The summed E-state index contributed by atoms with van der Waals surface area (Å²) in [6, 6.07) is 4.60. The van der Waals surface area contributed by atoms with Crippen LogP contribution < -0.4 is 17.0 Å². The van der Waals surface area contributed by atoms with E-state index >= 15 is 0 Å². The third-order valence-electron chi connectivity index (χ3n) is 4.60. The van der Waals surface area contributed by atoms with Gasteiger partial charge in [-0.2, -0.15) is 0 Å². The number of hydrogen-bond acceptors (Lipinski definition) is 1. The van der Waals surface area contributed by atoms with Gasteiger partial charge in [-0.25, -0.2) is 4.57 Å². The van der Waals surface area contributed by atoms with Crippen LogP contribution in [0.4, 0.5) is 0 Å². The van der Waals surface area contributed by atoms with E-state index in [2.05, 4.69) is 36.0 Å². The maximum Gasteiger partial charge on any atom is 0.169 e. The van der Waals surface area contributed by atoms with Crippen LogP contribution in [-0.4, -0.2) is 11.7 Å². The number of rotatable bonds is 15. The van der Waals surface area contributed by atoms with Crippen molar-refractivity contribution >= 4 is 0 Å². The standard InChI is InChI=1S/C21H38NO.ClH/c1-2-3-4-11-14-21-15-18-22(19-16-21)17-12-9-7-5-6-8-10-13-20-23;/h15-16,18-19,23H,2-14,17,20H2,1H3;1H/q+1;/p-1. The minimum absolute atomic E-state index is 0. The third kappa shape index (κ3) is 12.8. The van der Waals surface area contributed by atoms with E-state index in [1.54, 1.807) is 0 Å². The van der Waals surface area contributed by atoms with Gasteiger partial charge in [0.15, 0.2) is 12.4 Å². The third-order valence-corrected chi connectivity index (χ3v) is 4.60. The number of hydrogen-bond donors (Lipinski definition) is 1. The Morgan fingerprint density at radius 1 is 0.750 bits per heavy atom. The second-order valence-electron chi connectivity index (χ2n) is 6.81. The average Bonchev–Trinajstić information content (AvgIpc) is 2.58. The fraction of sp³-hybridized carbons (Fsp3) is 0.762. The van der Waals surface area contributed by atoms with Crippen LogP contribution in [-0.2, 0) is 13.0 Å². The zero-order valence-corrected chi connectivity index (χ0v) is 16.4. The zero-order valence-electron chi connectivity index (χ0n) is 15.7. The number of nitrogens with zero attached hydrogens (tertiary/aromatic N) is 1. The molecule has 1 rings (SSSR count). The first-order valence-corrected chi connectivity index (χ1v) is 9.95. The van der Waals surface area contributed by atoms with Crippen molar-refractivity contribution in [1.29, 1.82) is 0 Å². The molecule has 3 heteroatoms. The molecule has 0 spiro atoms. The fourth-order valence-corrected chi connectivity index (χ4v) is 3.03. The summed E-state index contributed by atoms with van der Waals surface area (Å²) < 4.78 is 2.33. The number of aryl methyl sites for hydroxylation is 2. The number of aromatic nitrogens is 1. The van der Waals surface area contributed by atoms with Crippen molar-refractivity contribution < 1.29 is 22.1 Å². The quantitative estimate of drug-likeness (QED) is 0.378. The largest absolute Gasteiger partial charge is 1.00 e. The van der Waals surface area contributed by atoms with Gasteiger partial charge in [-0.15, -0.1) is 0 Å². The molecule has 0 radical (unpaired) electrons. The number of pyridine rings is 1. The first-order valence-electron chi connectivity index (χ1n) is 9.95. The lowest BCUT2D eigenvalue weighted by Crippen LogP contribution is -3.00. The molecule has 0 aromatic carbocycles. The smallest absolute Gasteiger partial charge is 0.169 e. The van der Waals surface area contributed by atoms with E-state index in [4.69, 9.17) is 5.11 Å². The SMILES string of the molecule is CCCCCCc1cc[n+](CCCCCCCCCCO)cc1.[Cl-]. The Kier molecular flexibility index (Phi) is 16.8. The van der Waals surface area contributed by atoms with Gasteiger partial charge in [0, 0.05) is 25.2 Å². The van der Waals surface area contributed by atoms with Crippen LogP contribution in [0.3, 0.4) is 0 Å². The molecular formula is C21H38ClNO. The van der Waals surface area contributed by atoms with E-state index in [1.165, 1.54) is 82.6 Å². The fourth-order valence-electron chi connectivity index (χ4n) is 3.03. The van der Waals surface area contributed by atoms with Crippen molar-refractivity contribution in [2.24, 2.45) is 0 Å². The lowest BCUT2D eigenvalue weighted by molar-refractivity contribution is -0.697. The Hall–Kier alpha value is -0.600. The van der Waals surface area contributed by atoms with Gasteiger partial charge in [0.2, 0.25) is 0 Å². The lowest BCUT2D eigenvalue weighted by atomic mass is 10.1. The Bertz CT molecular complexity index is 367. The molecule has 1 heterocycles. The lowest BCUT2D eigenvalue weighted by Gasteiger charge is -2.02. The summed E-state index contributed by atoms with van der Waals surface area (Å²) >= 11 is 0. The van der Waals surface area contributed by atoms with Gasteiger partial charge in [-0.05, 0) is 31.2 Å². The number of aliphatic hydroxyl groups is 1. The molecule has 0 aliphatic rings. The summed E-state index contributed by atoms with van der Waals surface area (Å²) in [6.45, 7) is 3.78. The van der Waals surface area contributed by atoms with E-state index in [0.717, 1.165) is 13.0 Å². The van der Waals surface area contributed by atoms with Crippen LogP contribution in [0, 0.1) is 0 Å². The van der Waals surface area contributed by atoms with Crippen molar-refractivity contribution in [2.45, 2.75) is 96.9 Å². The van der Waals surface area contributed by atoms with Crippen molar-refractivity contribution in [3.8, 4) is 0 Å². The highest BCUT2D eigenvalue weighted by atomic mass is 35.5. The molecule has 0 saturated carbocycles. The highest BCUT2D eigenvalue weighted by Gasteiger charge is 2.01. The Balaban J connectivity index is 0.00000529. The molecule has 0 unspecified atom stereocenters. The first-order chi connectivity index (χ1) is 11.4. The molecule has 24 heavy (non-hydrogen) atoms. The summed E-state index contributed by atoms with van der Waals surface area (Å²) in [5, 5.41) is 8.73. The van der Waals surface area contributed by atoms with Crippen LogP contribution in [0.5, 0.6) is 0 Å². The molecule has 0 aliphatic heterocycles. The number of halogens is 1. The van der Waals surface area contributed by atoms with Crippen molar-refractivity contribution in [2.75, 3.05) is 6.61 Å². The maximum absolute atomic E-state index is 8.73. The minimum atomic E-state index is 0. The van der Waals surface area contributed by atoms with Gasteiger partial charge in [0.25, 0.3) is 0 Å². The monoisotopic (exact) mass is 355 g/mol. The minimum Gasteiger partial charge on any atom is -1.00 e. The van der Waals surface area contributed by atoms with Crippen LogP contribution in [0.25, 0.3) is 0 Å². The van der Waals surface area contributed by atoms with E-state index < -0.39 is 0 Å². The Morgan fingerprint density at radius 3 is 1.88 bits per heavy atom. The van der Waals surface area contributed by atoms with E-state index in [1.807, 2.05) is 0 Å². The highest BCUT2D eigenvalue weighted by Crippen LogP contribution is 2.09. The molecule has 2 nitrogen and oxygen atoms in total. The van der Waals surface area contributed by atoms with E-state index in [9.17, 15) is 0 Å². The summed E-state index contributed by atoms with van der Waals surface area (Å²) in [5.41, 5.74) is 1.49. The molecule has 0 atom stereocenters. The van der Waals surface area contributed by atoms with Gasteiger partial charge < -0.3 is 17.5 Å². The van der Waals surface area contributed by atoms with Gasteiger partial charge in [0.05, 0.1) is 0 Å². The second kappa shape index (κ2) is 17.2. The molecule has 0 amide bonds. The highest BCUT2D eigenvalue weighted by molar-refractivity contribution is 5.07. The van der Waals surface area contributed by atoms with E-state index in [0.29, 0.717) is 6.61 Å². The van der Waals surface area contributed by atoms with Crippen molar-refractivity contribution in [1.82, 2.24) is 0 Å². The molecule has 140 valence electrons. The summed E-state index contributed by atoms with van der Waals surface area (Å²) in [5.74, 6) is 0. The predicted molar refractivity (Wildman–Crippen MR) is 98.5 cm³/mol. The number of aliphatic hydroxyl groups excluding tert-OH is 1. The summed E-state index contributed by atoms with van der Waals surface area (Å²) in [7, 11) is 0. The second-order valence-corrected chi connectivity index (χ2v) is 6.81. The van der Waals surface area contributed by atoms with Gasteiger partial charge in [-0.1, -0.05) is 58.3 Å². The van der Waals surface area contributed by atoms with Crippen LogP contribution in [0.2, 0.25) is 0 Å². The molecule has 1 aromatic rings. The molecule has 1 N–H and O–H groups in total. The normalized spacial score (nSPS) is 10.6. The number of unbranched alkanes of at least 4 members (excludes halogenated alkanes) is 10.